The van der Waals surface area contributed by atoms with E-state index in [0.29, 0.717) is 22.2 Å². The Balaban J connectivity index is 0.00000162. The third-order valence-electron chi connectivity index (χ3n) is 2.23. The van der Waals surface area contributed by atoms with Gasteiger partial charge in [0.2, 0.25) is 0 Å². The molecule has 1 heterocycles. The number of benzene rings is 1. The Kier molecular flexibility index (Phi) is 5.29. The molecule has 96 valence electrons. The first-order valence-corrected chi connectivity index (χ1v) is 5.90. The number of halogens is 1. The molecule has 1 N–H and O–H groups in total. The molecule has 0 atom stereocenters. The van der Waals surface area contributed by atoms with Gasteiger partial charge in [0, 0.05) is 18.9 Å². The van der Waals surface area contributed by atoms with Crippen LogP contribution in [0.3, 0.4) is 0 Å². The zero-order valence-corrected chi connectivity index (χ0v) is 12.0. The Bertz CT molecular complexity index is 518. The van der Waals surface area contributed by atoms with Crippen molar-refractivity contribution in [3.63, 3.8) is 0 Å². The van der Waals surface area contributed by atoms with Gasteiger partial charge in [0.25, 0.3) is 5.69 Å². The summed E-state index contributed by atoms with van der Waals surface area (Å²) in [5.41, 5.74) is 1.22. The molecule has 0 saturated heterocycles. The highest BCUT2D eigenvalue weighted by molar-refractivity contribution is 8.93. The number of hydrogen-bond donors (Lipinski definition) is 1. The minimum Gasteiger partial charge on any atom is -0.366 e. The first kappa shape index (κ1) is 14.7. The van der Waals surface area contributed by atoms with E-state index in [0.717, 1.165) is 0 Å². The van der Waals surface area contributed by atoms with Gasteiger partial charge in [-0.25, -0.2) is 0 Å². The van der Waals surface area contributed by atoms with Crippen LogP contribution in [0.25, 0.3) is 0 Å². The zero-order valence-electron chi connectivity index (χ0n) is 9.49. The van der Waals surface area contributed by atoms with E-state index < -0.39 is 4.92 Å². The molecule has 0 spiro atoms. The second-order valence-electron chi connectivity index (χ2n) is 3.26. The lowest BCUT2D eigenvalue weighted by Crippen LogP contribution is -2.20. The van der Waals surface area contributed by atoms with Crippen LogP contribution in [0.4, 0.5) is 5.69 Å². The van der Waals surface area contributed by atoms with E-state index in [1.807, 2.05) is 0 Å². The van der Waals surface area contributed by atoms with Crippen molar-refractivity contribution in [2.45, 2.75) is 0 Å². The lowest BCUT2D eigenvalue weighted by atomic mass is 10.1. The Labute approximate surface area is 118 Å². The predicted octanol–water partition coefficient (Wildman–Crippen LogP) is 2.20. The quantitative estimate of drug-likeness (QED) is 0.665. The summed E-state index contributed by atoms with van der Waals surface area (Å²) in [6.07, 6.45) is 0. The molecule has 0 fully saturated rings. The van der Waals surface area contributed by atoms with Crippen molar-refractivity contribution in [1.82, 2.24) is 5.32 Å². The molecule has 1 aliphatic rings. The van der Waals surface area contributed by atoms with E-state index in [4.69, 9.17) is 0 Å². The van der Waals surface area contributed by atoms with Crippen LogP contribution in [0.1, 0.15) is 5.56 Å². The molecule has 0 aromatic heterocycles. The summed E-state index contributed by atoms with van der Waals surface area (Å²) in [5, 5.41) is 22.4. The molecule has 6 nitrogen and oxygen atoms in total. The standard InChI is InChI=1S/C10H10N4O2S.BrH/c1-11-10-13-12-8(6-17-10)7-4-2-3-5-9(7)14(15)16;/h2-5H,6H2,1H3,(H,11,13);1H. The molecular weight excluding hydrogens is 320 g/mol. The first-order valence-electron chi connectivity index (χ1n) is 4.91. The molecule has 8 heteroatoms. The second kappa shape index (κ2) is 6.50. The molecule has 0 bridgehead atoms. The van der Waals surface area contributed by atoms with Crippen molar-refractivity contribution in [3.8, 4) is 0 Å². The maximum absolute atomic E-state index is 10.9. The predicted molar refractivity (Wildman–Crippen MR) is 78.9 cm³/mol. The topological polar surface area (TPSA) is 79.9 Å². The molecule has 1 aromatic carbocycles. The Morgan fingerprint density at radius 2 is 2.11 bits per heavy atom. The zero-order chi connectivity index (χ0) is 12.3. The summed E-state index contributed by atoms with van der Waals surface area (Å²) in [4.78, 5) is 10.5. The Morgan fingerprint density at radius 3 is 2.67 bits per heavy atom. The fraction of sp³-hybridized carbons (Fsp3) is 0.200. The monoisotopic (exact) mass is 330 g/mol. The van der Waals surface area contributed by atoms with E-state index >= 15 is 0 Å². The highest BCUT2D eigenvalue weighted by atomic mass is 79.9. The number of rotatable bonds is 2. The van der Waals surface area contributed by atoms with Gasteiger partial charge in [-0.15, -0.1) is 22.1 Å². The van der Waals surface area contributed by atoms with Gasteiger partial charge in [-0.2, -0.15) is 5.10 Å². The molecule has 2 rings (SSSR count). The molecule has 0 saturated carbocycles. The average molecular weight is 331 g/mol. The third kappa shape index (κ3) is 3.08. The van der Waals surface area contributed by atoms with Crippen molar-refractivity contribution in [3.05, 3.63) is 39.9 Å². The van der Waals surface area contributed by atoms with Crippen molar-refractivity contribution >= 4 is 45.3 Å². The van der Waals surface area contributed by atoms with Gasteiger partial charge < -0.3 is 5.32 Å². The van der Waals surface area contributed by atoms with Crippen LogP contribution >= 0.6 is 28.7 Å². The highest BCUT2D eigenvalue weighted by Crippen LogP contribution is 2.22. The van der Waals surface area contributed by atoms with Crippen molar-refractivity contribution in [2.75, 3.05) is 12.8 Å². The SMILES string of the molecule is Br.CNC1=NN=C(c2ccccc2[N+](=O)[O-])CS1. The van der Waals surface area contributed by atoms with E-state index in [2.05, 4.69) is 15.5 Å². The summed E-state index contributed by atoms with van der Waals surface area (Å²) >= 11 is 1.47. The van der Waals surface area contributed by atoms with Crippen LogP contribution in [0.5, 0.6) is 0 Å². The molecule has 0 radical (unpaired) electrons. The molecule has 1 aromatic rings. The summed E-state index contributed by atoms with van der Waals surface area (Å²) in [6.45, 7) is 0. The molecule has 0 unspecified atom stereocenters. The lowest BCUT2D eigenvalue weighted by molar-refractivity contribution is -0.385. The van der Waals surface area contributed by atoms with Gasteiger partial charge in [-0.3, -0.25) is 10.1 Å². The summed E-state index contributed by atoms with van der Waals surface area (Å²) in [5.74, 6) is 0.574. The van der Waals surface area contributed by atoms with Crippen molar-refractivity contribution < 1.29 is 4.92 Å². The second-order valence-corrected chi connectivity index (χ2v) is 4.23. The van der Waals surface area contributed by atoms with Gasteiger partial charge >= 0.3 is 0 Å². The number of amidine groups is 1. The number of thioether (sulfide) groups is 1. The minimum atomic E-state index is -0.403. The number of para-hydroxylation sites is 1. The van der Waals surface area contributed by atoms with Crippen LogP contribution in [0.2, 0.25) is 0 Å². The van der Waals surface area contributed by atoms with Gasteiger partial charge in [0.1, 0.15) is 0 Å². The van der Waals surface area contributed by atoms with Crippen LogP contribution < -0.4 is 5.32 Å². The Morgan fingerprint density at radius 1 is 1.39 bits per heavy atom. The minimum absolute atomic E-state index is 0. The molecule has 1 aliphatic heterocycles. The number of hydrogen-bond acceptors (Lipinski definition) is 6. The van der Waals surface area contributed by atoms with Crippen LogP contribution in [-0.4, -0.2) is 28.6 Å². The molecular formula is C10H11BrN4O2S. The van der Waals surface area contributed by atoms with Gasteiger partial charge in [-0.05, 0) is 6.07 Å². The number of nitro groups is 1. The highest BCUT2D eigenvalue weighted by Gasteiger charge is 2.20. The van der Waals surface area contributed by atoms with E-state index in [9.17, 15) is 10.1 Å². The largest absolute Gasteiger partial charge is 0.366 e. The van der Waals surface area contributed by atoms with E-state index in [1.54, 1.807) is 25.2 Å². The van der Waals surface area contributed by atoms with Crippen molar-refractivity contribution in [1.29, 1.82) is 0 Å². The molecule has 0 amide bonds. The summed E-state index contributed by atoms with van der Waals surface area (Å²) in [6, 6.07) is 6.56. The average Bonchev–Trinajstić information content (AvgIpc) is 2.39. The maximum atomic E-state index is 10.9. The van der Waals surface area contributed by atoms with Crippen LogP contribution in [-0.2, 0) is 0 Å². The summed E-state index contributed by atoms with van der Waals surface area (Å²) in [7, 11) is 1.76. The number of nitro benzene ring substituents is 1. The third-order valence-corrected chi connectivity index (χ3v) is 3.21. The molecule has 0 aliphatic carbocycles. The first-order chi connectivity index (χ1) is 8.22. The fourth-order valence-electron chi connectivity index (χ4n) is 1.43. The van der Waals surface area contributed by atoms with Crippen LogP contribution in [0.15, 0.2) is 34.5 Å². The summed E-state index contributed by atoms with van der Waals surface area (Å²) < 4.78 is 0. The van der Waals surface area contributed by atoms with Gasteiger partial charge in [0.05, 0.1) is 16.2 Å². The normalized spacial score (nSPS) is 14.1. The number of nitrogens with one attached hydrogen (secondary N) is 1. The molecule has 18 heavy (non-hydrogen) atoms. The fourth-order valence-corrected chi connectivity index (χ4v) is 2.16. The van der Waals surface area contributed by atoms with E-state index in [-0.39, 0.29) is 22.7 Å². The van der Waals surface area contributed by atoms with Crippen LogP contribution in [0, 0.1) is 10.1 Å². The van der Waals surface area contributed by atoms with Gasteiger partial charge in [0.15, 0.2) is 5.17 Å². The smallest absolute Gasteiger partial charge is 0.278 e. The number of nitrogens with zero attached hydrogens (tertiary/aromatic N) is 3. The van der Waals surface area contributed by atoms with Gasteiger partial charge in [-0.1, -0.05) is 23.9 Å². The maximum Gasteiger partial charge on any atom is 0.278 e. The Hall–Kier alpha value is -1.41. The van der Waals surface area contributed by atoms with Crippen molar-refractivity contribution in [2.24, 2.45) is 10.2 Å². The lowest BCUT2D eigenvalue weighted by Gasteiger charge is -2.11. The van der Waals surface area contributed by atoms with E-state index in [1.165, 1.54) is 17.8 Å².